The number of benzene rings is 3. The van der Waals surface area contributed by atoms with Crippen LogP contribution in [0, 0.1) is 0 Å². The summed E-state index contributed by atoms with van der Waals surface area (Å²) >= 11 is 1.31. The van der Waals surface area contributed by atoms with Crippen LogP contribution in [0.2, 0.25) is 0 Å². The molecule has 3 aromatic rings. The first-order valence-corrected chi connectivity index (χ1v) is 11.8. The second-order valence-corrected chi connectivity index (χ2v) is 9.16. The summed E-state index contributed by atoms with van der Waals surface area (Å²) in [5.41, 5.74) is 3.22. The molecule has 0 unspecified atom stereocenters. The molecule has 1 N–H and O–H groups in total. The zero-order valence-corrected chi connectivity index (χ0v) is 18.8. The fraction of sp³-hybridized carbons (Fsp3) is 0.192. The van der Waals surface area contributed by atoms with Crippen molar-refractivity contribution in [1.82, 2.24) is 5.32 Å². The van der Waals surface area contributed by atoms with Crippen molar-refractivity contribution in [3.05, 3.63) is 96.1 Å². The van der Waals surface area contributed by atoms with Crippen molar-refractivity contribution in [3.8, 4) is 0 Å². The van der Waals surface area contributed by atoms with Gasteiger partial charge in [-0.2, -0.15) is 0 Å². The number of nitrogens with one attached hydrogen (secondary N) is 1. The molecular formula is C26H23N3O3S. The van der Waals surface area contributed by atoms with E-state index in [9.17, 15) is 14.4 Å². The quantitative estimate of drug-likeness (QED) is 0.617. The van der Waals surface area contributed by atoms with E-state index >= 15 is 0 Å². The molecule has 3 aromatic carbocycles. The summed E-state index contributed by atoms with van der Waals surface area (Å²) in [5.74, 6) is -0.414. The van der Waals surface area contributed by atoms with Gasteiger partial charge in [-0.05, 0) is 30.2 Å². The summed E-state index contributed by atoms with van der Waals surface area (Å²) in [5, 5.41) is 2.92. The molecule has 2 aliphatic heterocycles. The number of thioether (sulfide) groups is 1. The van der Waals surface area contributed by atoms with E-state index in [1.807, 2.05) is 84.9 Å². The van der Waals surface area contributed by atoms with E-state index in [1.165, 1.54) is 16.7 Å². The lowest BCUT2D eigenvalue weighted by atomic mass is 10.0. The SMILES string of the molecule is O=C(CN1C(=O)[C@]2(SCC(=O)N2c2ccccc2)c2ccccc21)NCCc1ccccc1. The lowest BCUT2D eigenvalue weighted by Crippen LogP contribution is -2.51. The van der Waals surface area contributed by atoms with Crippen LogP contribution in [0.5, 0.6) is 0 Å². The second-order valence-electron chi connectivity index (χ2n) is 7.99. The topological polar surface area (TPSA) is 69.7 Å². The molecule has 1 saturated heterocycles. The van der Waals surface area contributed by atoms with Gasteiger partial charge in [-0.15, -0.1) is 11.8 Å². The van der Waals surface area contributed by atoms with Crippen LogP contribution in [0.25, 0.3) is 0 Å². The number of nitrogens with zero attached hydrogens (tertiary/aromatic N) is 2. The molecule has 0 aliphatic carbocycles. The molecule has 1 atom stereocenters. The third-order valence-electron chi connectivity index (χ3n) is 5.96. The summed E-state index contributed by atoms with van der Waals surface area (Å²) in [6.07, 6.45) is 0.715. The first-order chi connectivity index (χ1) is 16.1. The van der Waals surface area contributed by atoms with Crippen molar-refractivity contribution in [2.75, 3.05) is 28.6 Å². The number of para-hydroxylation sites is 2. The van der Waals surface area contributed by atoms with Gasteiger partial charge in [0.2, 0.25) is 16.7 Å². The van der Waals surface area contributed by atoms with Gasteiger partial charge in [0, 0.05) is 17.8 Å². The van der Waals surface area contributed by atoms with Crippen LogP contribution in [0.1, 0.15) is 11.1 Å². The molecule has 1 fully saturated rings. The second kappa shape index (κ2) is 8.75. The Hall–Kier alpha value is -3.58. The van der Waals surface area contributed by atoms with Crippen molar-refractivity contribution in [2.45, 2.75) is 11.3 Å². The van der Waals surface area contributed by atoms with Crippen molar-refractivity contribution in [2.24, 2.45) is 0 Å². The molecule has 33 heavy (non-hydrogen) atoms. The number of carbonyl (C=O) groups is 3. The number of hydrogen-bond acceptors (Lipinski definition) is 4. The molecule has 3 amide bonds. The van der Waals surface area contributed by atoms with Gasteiger partial charge in [0.05, 0.1) is 11.4 Å². The summed E-state index contributed by atoms with van der Waals surface area (Å²) < 4.78 is 0. The predicted molar refractivity (Wildman–Crippen MR) is 130 cm³/mol. The minimum absolute atomic E-state index is 0.0935. The number of rotatable bonds is 6. The van der Waals surface area contributed by atoms with E-state index in [-0.39, 0.29) is 30.0 Å². The van der Waals surface area contributed by atoms with Crippen LogP contribution in [-0.4, -0.2) is 36.6 Å². The summed E-state index contributed by atoms with van der Waals surface area (Å²) in [6.45, 7) is 0.394. The Balaban J connectivity index is 1.40. The number of hydrogen-bond donors (Lipinski definition) is 1. The van der Waals surface area contributed by atoms with E-state index < -0.39 is 4.87 Å². The number of amides is 3. The van der Waals surface area contributed by atoms with Crippen LogP contribution >= 0.6 is 11.8 Å². The molecule has 2 heterocycles. The molecule has 166 valence electrons. The number of anilines is 2. The Morgan fingerprint density at radius 2 is 1.58 bits per heavy atom. The van der Waals surface area contributed by atoms with E-state index in [0.717, 1.165) is 11.1 Å². The molecule has 0 saturated carbocycles. The lowest BCUT2D eigenvalue weighted by molar-refractivity contribution is -0.125. The maximum atomic E-state index is 13.9. The van der Waals surface area contributed by atoms with Crippen LogP contribution in [-0.2, 0) is 25.7 Å². The molecule has 5 rings (SSSR count). The molecule has 6 nitrogen and oxygen atoms in total. The predicted octanol–water partition coefficient (Wildman–Crippen LogP) is 3.32. The Morgan fingerprint density at radius 3 is 2.33 bits per heavy atom. The van der Waals surface area contributed by atoms with Gasteiger partial charge in [-0.3, -0.25) is 24.2 Å². The summed E-state index contributed by atoms with van der Waals surface area (Å²) in [4.78, 5) is 41.5. The fourth-order valence-electron chi connectivity index (χ4n) is 4.48. The van der Waals surface area contributed by atoms with Crippen molar-refractivity contribution < 1.29 is 14.4 Å². The minimum atomic E-state index is -1.20. The van der Waals surface area contributed by atoms with Gasteiger partial charge >= 0.3 is 0 Å². The van der Waals surface area contributed by atoms with Gasteiger partial charge in [0.1, 0.15) is 6.54 Å². The van der Waals surface area contributed by atoms with Gasteiger partial charge in [0.15, 0.2) is 0 Å². The van der Waals surface area contributed by atoms with Gasteiger partial charge in [-0.1, -0.05) is 66.7 Å². The smallest absolute Gasteiger partial charge is 0.269 e. The molecular weight excluding hydrogens is 434 g/mol. The van der Waals surface area contributed by atoms with Crippen LogP contribution < -0.4 is 15.1 Å². The van der Waals surface area contributed by atoms with Crippen molar-refractivity contribution in [1.29, 1.82) is 0 Å². The lowest BCUT2D eigenvalue weighted by Gasteiger charge is -2.33. The molecule has 0 bridgehead atoms. The highest BCUT2D eigenvalue weighted by Gasteiger charge is 2.61. The van der Waals surface area contributed by atoms with Gasteiger partial charge in [-0.25, -0.2) is 0 Å². The monoisotopic (exact) mass is 457 g/mol. The number of fused-ring (bicyclic) bond motifs is 2. The number of carbonyl (C=O) groups excluding carboxylic acids is 3. The highest BCUT2D eigenvalue weighted by molar-refractivity contribution is 8.02. The van der Waals surface area contributed by atoms with Gasteiger partial charge < -0.3 is 5.32 Å². The molecule has 0 radical (unpaired) electrons. The fourth-order valence-corrected chi connectivity index (χ4v) is 5.84. The zero-order chi connectivity index (χ0) is 22.8. The first-order valence-electron chi connectivity index (χ1n) is 10.9. The third kappa shape index (κ3) is 3.68. The van der Waals surface area contributed by atoms with E-state index in [2.05, 4.69) is 5.32 Å². The van der Waals surface area contributed by atoms with E-state index in [1.54, 1.807) is 4.90 Å². The largest absolute Gasteiger partial charge is 0.354 e. The maximum absolute atomic E-state index is 13.9. The maximum Gasteiger partial charge on any atom is 0.269 e. The molecule has 1 spiro atoms. The highest BCUT2D eigenvalue weighted by Crippen LogP contribution is 2.55. The summed E-state index contributed by atoms with van der Waals surface area (Å²) in [7, 11) is 0. The van der Waals surface area contributed by atoms with Crippen LogP contribution in [0.15, 0.2) is 84.9 Å². The Bertz CT molecular complexity index is 1200. The van der Waals surface area contributed by atoms with Crippen molar-refractivity contribution >= 4 is 40.9 Å². The average Bonchev–Trinajstić information content (AvgIpc) is 3.31. The zero-order valence-electron chi connectivity index (χ0n) is 17.9. The third-order valence-corrected chi connectivity index (χ3v) is 7.34. The first kappa shape index (κ1) is 21.3. The highest BCUT2D eigenvalue weighted by atomic mass is 32.2. The Morgan fingerprint density at radius 1 is 0.909 bits per heavy atom. The Kier molecular flexibility index (Phi) is 5.64. The molecule has 2 aliphatic rings. The van der Waals surface area contributed by atoms with Gasteiger partial charge in [0.25, 0.3) is 5.91 Å². The van der Waals surface area contributed by atoms with Crippen molar-refractivity contribution in [3.63, 3.8) is 0 Å². The van der Waals surface area contributed by atoms with Crippen LogP contribution in [0.3, 0.4) is 0 Å². The molecule has 7 heteroatoms. The normalized spacial score (nSPS) is 19.3. The van der Waals surface area contributed by atoms with E-state index in [4.69, 9.17) is 0 Å². The average molecular weight is 458 g/mol. The molecule has 0 aromatic heterocycles. The summed E-state index contributed by atoms with van der Waals surface area (Å²) in [6, 6.07) is 26.6. The van der Waals surface area contributed by atoms with Crippen LogP contribution in [0.4, 0.5) is 11.4 Å². The minimum Gasteiger partial charge on any atom is -0.354 e. The van der Waals surface area contributed by atoms with E-state index in [0.29, 0.717) is 24.3 Å². The Labute approximate surface area is 196 Å². The standard InChI is InChI=1S/C26H23N3O3S/c30-23(27-16-15-19-9-3-1-4-10-19)17-28-22-14-8-7-13-21(22)26(25(28)32)29(24(31)18-33-26)20-11-5-2-6-12-20/h1-14H,15-18H2,(H,27,30)/t26-/m1/s1.